The number of hydrogen-bond acceptors (Lipinski definition) is 4. The molecule has 2 rings (SSSR count). The lowest BCUT2D eigenvalue weighted by molar-refractivity contribution is 0.0693. The van der Waals surface area contributed by atoms with Crippen molar-refractivity contribution in [2.24, 2.45) is 0 Å². The van der Waals surface area contributed by atoms with Crippen LogP contribution in [0.3, 0.4) is 0 Å². The molecule has 7 heteroatoms. The van der Waals surface area contributed by atoms with E-state index in [2.05, 4.69) is 9.97 Å². The summed E-state index contributed by atoms with van der Waals surface area (Å²) in [5.41, 5.74) is 4.74. The van der Waals surface area contributed by atoms with Crippen LogP contribution in [0, 0.1) is 11.6 Å². The number of nitrogens with zero attached hydrogens (tertiary/aromatic N) is 2. The first-order valence-corrected chi connectivity index (χ1v) is 4.14. The van der Waals surface area contributed by atoms with Crippen LogP contribution in [-0.4, -0.2) is 21.0 Å². The van der Waals surface area contributed by atoms with E-state index < -0.39 is 23.3 Å². The number of aromatic nitrogens is 2. The molecule has 5 nitrogen and oxygen atoms in total. The van der Waals surface area contributed by atoms with Crippen LogP contribution in [0.15, 0.2) is 12.1 Å². The quantitative estimate of drug-likeness (QED) is 0.760. The van der Waals surface area contributed by atoms with Gasteiger partial charge in [0.25, 0.3) is 0 Å². The van der Waals surface area contributed by atoms with Crippen molar-refractivity contribution in [1.82, 2.24) is 9.97 Å². The van der Waals surface area contributed by atoms with Gasteiger partial charge in [-0.25, -0.2) is 23.5 Å². The summed E-state index contributed by atoms with van der Waals surface area (Å²) in [6, 6.07) is 1.50. The third-order valence-corrected chi connectivity index (χ3v) is 1.96. The average Bonchev–Trinajstić information content (AvgIpc) is 2.19. The van der Waals surface area contributed by atoms with Gasteiger partial charge in [-0.15, -0.1) is 0 Å². The van der Waals surface area contributed by atoms with Gasteiger partial charge >= 0.3 is 5.97 Å². The molecule has 0 saturated carbocycles. The van der Waals surface area contributed by atoms with E-state index in [1.807, 2.05) is 0 Å². The zero-order valence-corrected chi connectivity index (χ0v) is 7.74. The molecule has 1 aromatic heterocycles. The second-order valence-electron chi connectivity index (χ2n) is 3.02. The Morgan fingerprint density at radius 2 is 1.88 bits per heavy atom. The Balaban J connectivity index is 2.90. The summed E-state index contributed by atoms with van der Waals surface area (Å²) in [4.78, 5) is 17.9. The van der Waals surface area contributed by atoms with Crippen LogP contribution >= 0.6 is 0 Å². The fourth-order valence-corrected chi connectivity index (χ4v) is 1.30. The molecule has 0 spiro atoms. The minimum Gasteiger partial charge on any atom is -0.476 e. The third-order valence-electron chi connectivity index (χ3n) is 1.96. The molecule has 0 aliphatic heterocycles. The molecule has 16 heavy (non-hydrogen) atoms. The van der Waals surface area contributed by atoms with Gasteiger partial charge in [0.1, 0.15) is 0 Å². The smallest absolute Gasteiger partial charge is 0.355 e. The fourth-order valence-electron chi connectivity index (χ4n) is 1.30. The summed E-state index contributed by atoms with van der Waals surface area (Å²) in [7, 11) is 0. The first-order chi connectivity index (χ1) is 7.49. The topological polar surface area (TPSA) is 89.1 Å². The number of rotatable bonds is 1. The number of anilines is 1. The molecule has 3 N–H and O–H groups in total. The van der Waals surface area contributed by atoms with E-state index in [4.69, 9.17) is 10.8 Å². The van der Waals surface area contributed by atoms with E-state index in [1.165, 1.54) is 0 Å². The molecule has 0 unspecified atom stereocenters. The Hall–Kier alpha value is -2.31. The first kappa shape index (κ1) is 10.2. The number of carboxylic acid groups (broad SMARTS) is 1. The fraction of sp³-hybridized carbons (Fsp3) is 0. The van der Waals surface area contributed by atoms with Gasteiger partial charge in [0.05, 0.1) is 5.52 Å². The van der Waals surface area contributed by atoms with E-state index in [0.717, 1.165) is 12.1 Å². The SMILES string of the molecule is Nc1nc(C(=O)O)c2cc(F)c(F)cc2n1. The van der Waals surface area contributed by atoms with Crippen LogP contribution in [-0.2, 0) is 0 Å². The third kappa shape index (κ3) is 1.52. The number of nitrogens with two attached hydrogens (primary N) is 1. The van der Waals surface area contributed by atoms with Crippen LogP contribution in [0.2, 0.25) is 0 Å². The van der Waals surface area contributed by atoms with Crippen LogP contribution < -0.4 is 5.73 Å². The van der Waals surface area contributed by atoms with Gasteiger partial charge in [0.15, 0.2) is 17.3 Å². The zero-order chi connectivity index (χ0) is 11.9. The van der Waals surface area contributed by atoms with Gasteiger partial charge in [-0.1, -0.05) is 0 Å². The van der Waals surface area contributed by atoms with Crippen molar-refractivity contribution < 1.29 is 18.7 Å². The lowest BCUT2D eigenvalue weighted by Crippen LogP contribution is -2.07. The second-order valence-corrected chi connectivity index (χ2v) is 3.02. The first-order valence-electron chi connectivity index (χ1n) is 4.14. The molecule has 0 aliphatic carbocycles. The summed E-state index contributed by atoms with van der Waals surface area (Å²) in [5, 5.41) is 8.71. The molecule has 1 aromatic carbocycles. The highest BCUT2D eigenvalue weighted by Gasteiger charge is 2.15. The Labute approximate surface area is 87.5 Å². The number of fused-ring (bicyclic) bond motifs is 1. The number of carbonyl (C=O) groups is 1. The van der Waals surface area contributed by atoms with Crippen molar-refractivity contribution in [3.05, 3.63) is 29.5 Å². The molecule has 0 amide bonds. The Kier molecular flexibility index (Phi) is 2.15. The molecule has 1 heterocycles. The Bertz CT molecular complexity index is 601. The van der Waals surface area contributed by atoms with Gasteiger partial charge in [-0.05, 0) is 6.07 Å². The van der Waals surface area contributed by atoms with Crippen molar-refractivity contribution in [2.75, 3.05) is 5.73 Å². The molecule has 0 fully saturated rings. The van der Waals surface area contributed by atoms with Crippen LogP contribution in [0.4, 0.5) is 14.7 Å². The summed E-state index contributed by atoms with van der Waals surface area (Å²) < 4.78 is 25.8. The maximum atomic E-state index is 12.9. The van der Waals surface area contributed by atoms with E-state index in [-0.39, 0.29) is 16.9 Å². The Morgan fingerprint density at radius 3 is 2.50 bits per heavy atom. The molecule has 0 saturated heterocycles. The highest BCUT2D eigenvalue weighted by Crippen LogP contribution is 2.20. The standard InChI is InChI=1S/C9H5F2N3O2/c10-4-1-3-6(2-5(4)11)13-9(12)14-7(3)8(15)16/h1-2H,(H,15,16)(H2,12,13,14). The highest BCUT2D eigenvalue weighted by atomic mass is 19.2. The molecule has 0 aliphatic rings. The van der Waals surface area contributed by atoms with Crippen molar-refractivity contribution in [1.29, 1.82) is 0 Å². The average molecular weight is 225 g/mol. The summed E-state index contributed by atoms with van der Waals surface area (Å²) >= 11 is 0. The summed E-state index contributed by atoms with van der Waals surface area (Å²) in [6.45, 7) is 0. The van der Waals surface area contributed by atoms with Gasteiger partial charge in [0, 0.05) is 11.5 Å². The summed E-state index contributed by atoms with van der Waals surface area (Å²) in [5.74, 6) is -3.98. The predicted molar refractivity (Wildman–Crippen MR) is 50.8 cm³/mol. The van der Waals surface area contributed by atoms with Crippen LogP contribution in [0.5, 0.6) is 0 Å². The van der Waals surface area contributed by atoms with E-state index in [0.29, 0.717) is 0 Å². The maximum Gasteiger partial charge on any atom is 0.355 e. The van der Waals surface area contributed by atoms with Gasteiger partial charge < -0.3 is 10.8 Å². The van der Waals surface area contributed by atoms with Crippen molar-refractivity contribution in [3.8, 4) is 0 Å². The predicted octanol–water partition coefficient (Wildman–Crippen LogP) is 1.19. The highest BCUT2D eigenvalue weighted by molar-refractivity contribution is 6.00. The molecular weight excluding hydrogens is 220 g/mol. The molecule has 0 atom stereocenters. The number of carboxylic acids is 1. The largest absolute Gasteiger partial charge is 0.476 e. The normalized spacial score (nSPS) is 10.6. The Morgan fingerprint density at radius 1 is 1.25 bits per heavy atom. The van der Waals surface area contributed by atoms with E-state index in [9.17, 15) is 13.6 Å². The van der Waals surface area contributed by atoms with Gasteiger partial charge in [-0.3, -0.25) is 0 Å². The second kappa shape index (κ2) is 3.37. The number of benzene rings is 1. The van der Waals surface area contributed by atoms with Gasteiger partial charge in [0.2, 0.25) is 5.95 Å². The number of halogens is 2. The minimum absolute atomic E-state index is 0.0520. The van der Waals surface area contributed by atoms with Crippen molar-refractivity contribution in [2.45, 2.75) is 0 Å². The number of aromatic carboxylic acids is 1. The van der Waals surface area contributed by atoms with Crippen molar-refractivity contribution >= 4 is 22.8 Å². The molecule has 0 radical (unpaired) electrons. The summed E-state index contributed by atoms with van der Waals surface area (Å²) in [6.07, 6.45) is 0. The number of nitrogen functional groups attached to an aromatic ring is 1. The molecular formula is C9H5F2N3O2. The minimum atomic E-state index is -1.38. The monoisotopic (exact) mass is 225 g/mol. The van der Waals surface area contributed by atoms with E-state index in [1.54, 1.807) is 0 Å². The van der Waals surface area contributed by atoms with E-state index >= 15 is 0 Å². The van der Waals surface area contributed by atoms with Gasteiger partial charge in [-0.2, -0.15) is 0 Å². The van der Waals surface area contributed by atoms with Crippen LogP contribution in [0.1, 0.15) is 10.5 Å². The number of hydrogen-bond donors (Lipinski definition) is 2. The molecule has 0 bridgehead atoms. The maximum absolute atomic E-state index is 12.9. The van der Waals surface area contributed by atoms with Crippen molar-refractivity contribution in [3.63, 3.8) is 0 Å². The molecule has 2 aromatic rings. The molecule has 82 valence electrons. The van der Waals surface area contributed by atoms with Crippen LogP contribution in [0.25, 0.3) is 10.9 Å². The lowest BCUT2D eigenvalue weighted by Gasteiger charge is -2.03. The lowest BCUT2D eigenvalue weighted by atomic mass is 10.2. The zero-order valence-electron chi connectivity index (χ0n) is 7.74.